The Kier molecular flexibility index (Phi) is 6.58. The molecule has 0 aliphatic rings. The first-order chi connectivity index (χ1) is 14.0. The van der Waals surface area contributed by atoms with Crippen LogP contribution in [0.3, 0.4) is 0 Å². The summed E-state index contributed by atoms with van der Waals surface area (Å²) in [6.07, 6.45) is 0.0817. The van der Waals surface area contributed by atoms with E-state index in [1.165, 1.54) is 30.0 Å². The average Bonchev–Trinajstić information content (AvgIpc) is 2.70. The minimum Gasteiger partial charge on any atom is -0.457 e. The maximum Gasteiger partial charge on any atom is 0.226 e. The highest BCUT2D eigenvalue weighted by Gasteiger charge is 2.14. The molecule has 0 saturated carbocycles. The van der Waals surface area contributed by atoms with Gasteiger partial charge in [-0.15, -0.1) is 0 Å². The number of carbonyl (C=O) groups is 2. The zero-order valence-corrected chi connectivity index (χ0v) is 16.0. The van der Waals surface area contributed by atoms with Gasteiger partial charge in [0.15, 0.2) is 0 Å². The van der Waals surface area contributed by atoms with Crippen LogP contribution in [0, 0.1) is 5.82 Å². The van der Waals surface area contributed by atoms with Crippen LogP contribution in [0.5, 0.6) is 11.5 Å². The normalized spacial score (nSPS) is 10.3. The maximum absolute atomic E-state index is 13.4. The standard InChI is InChI=1S/C23H21FN2O3/c1-17(27)26(20-7-5-6-18(24)16-20)15-14-23(28)25-19-10-12-22(13-11-19)29-21-8-3-2-4-9-21/h2-13,16H,14-15H2,1H3,(H,25,28). The monoisotopic (exact) mass is 392 g/mol. The average molecular weight is 392 g/mol. The van der Waals surface area contributed by atoms with Gasteiger partial charge in [0.1, 0.15) is 17.3 Å². The van der Waals surface area contributed by atoms with Gasteiger partial charge in [-0.1, -0.05) is 24.3 Å². The third-order valence-electron chi connectivity index (χ3n) is 4.18. The molecule has 5 nitrogen and oxygen atoms in total. The molecule has 6 heteroatoms. The van der Waals surface area contributed by atoms with Gasteiger partial charge in [0.05, 0.1) is 0 Å². The van der Waals surface area contributed by atoms with Crippen LogP contribution in [0.25, 0.3) is 0 Å². The minimum absolute atomic E-state index is 0.0817. The number of hydrogen-bond acceptors (Lipinski definition) is 3. The van der Waals surface area contributed by atoms with E-state index in [0.717, 1.165) is 5.75 Å². The molecule has 0 aromatic heterocycles. The van der Waals surface area contributed by atoms with E-state index in [4.69, 9.17) is 4.74 Å². The number of hydrogen-bond donors (Lipinski definition) is 1. The highest BCUT2D eigenvalue weighted by molar-refractivity contribution is 5.94. The summed E-state index contributed by atoms with van der Waals surface area (Å²) in [6, 6.07) is 22.1. The SMILES string of the molecule is CC(=O)N(CCC(=O)Nc1ccc(Oc2ccccc2)cc1)c1cccc(F)c1. The molecule has 3 aromatic rings. The van der Waals surface area contributed by atoms with Gasteiger partial charge in [0.2, 0.25) is 11.8 Å². The van der Waals surface area contributed by atoms with Crippen molar-refractivity contribution >= 4 is 23.2 Å². The van der Waals surface area contributed by atoms with E-state index in [1.807, 2.05) is 30.3 Å². The van der Waals surface area contributed by atoms with Crippen molar-refractivity contribution in [1.29, 1.82) is 0 Å². The maximum atomic E-state index is 13.4. The van der Waals surface area contributed by atoms with Crippen molar-refractivity contribution in [3.63, 3.8) is 0 Å². The summed E-state index contributed by atoms with van der Waals surface area (Å²) in [5.74, 6) is 0.445. The zero-order chi connectivity index (χ0) is 20.6. The predicted molar refractivity (Wildman–Crippen MR) is 111 cm³/mol. The number of ether oxygens (including phenoxy) is 1. The quantitative estimate of drug-likeness (QED) is 0.616. The first-order valence-electron chi connectivity index (χ1n) is 9.18. The molecule has 0 aliphatic carbocycles. The van der Waals surface area contributed by atoms with Crippen molar-refractivity contribution in [3.05, 3.63) is 84.7 Å². The Hall–Kier alpha value is -3.67. The first kappa shape index (κ1) is 20.1. The Morgan fingerprint density at radius 3 is 2.28 bits per heavy atom. The summed E-state index contributed by atoms with van der Waals surface area (Å²) in [4.78, 5) is 25.5. The van der Waals surface area contributed by atoms with Crippen LogP contribution in [-0.2, 0) is 9.59 Å². The molecule has 148 valence electrons. The molecule has 3 aromatic carbocycles. The number of amides is 2. The number of halogens is 1. The largest absolute Gasteiger partial charge is 0.457 e. The summed E-state index contributed by atoms with van der Waals surface area (Å²) in [5.41, 5.74) is 1.04. The van der Waals surface area contributed by atoms with Crippen molar-refractivity contribution in [3.8, 4) is 11.5 Å². The Bertz CT molecular complexity index is 975. The van der Waals surface area contributed by atoms with Crippen LogP contribution < -0.4 is 15.0 Å². The van der Waals surface area contributed by atoms with E-state index in [0.29, 0.717) is 17.1 Å². The van der Waals surface area contributed by atoms with Crippen molar-refractivity contribution in [2.24, 2.45) is 0 Å². The van der Waals surface area contributed by atoms with Crippen molar-refractivity contribution in [1.82, 2.24) is 0 Å². The van der Waals surface area contributed by atoms with Gasteiger partial charge in [-0.3, -0.25) is 9.59 Å². The molecule has 2 amide bonds. The van der Waals surface area contributed by atoms with Gasteiger partial charge in [0, 0.05) is 31.3 Å². The number of rotatable bonds is 7. The van der Waals surface area contributed by atoms with Gasteiger partial charge in [-0.05, 0) is 54.6 Å². The van der Waals surface area contributed by atoms with E-state index >= 15 is 0 Å². The van der Waals surface area contributed by atoms with Gasteiger partial charge >= 0.3 is 0 Å². The van der Waals surface area contributed by atoms with E-state index in [-0.39, 0.29) is 24.8 Å². The van der Waals surface area contributed by atoms with Crippen LogP contribution in [0.15, 0.2) is 78.9 Å². The smallest absolute Gasteiger partial charge is 0.226 e. The lowest BCUT2D eigenvalue weighted by Gasteiger charge is -2.21. The molecular weight excluding hydrogens is 371 g/mol. The lowest BCUT2D eigenvalue weighted by atomic mass is 10.2. The fourth-order valence-electron chi connectivity index (χ4n) is 2.78. The molecule has 0 bridgehead atoms. The van der Waals surface area contributed by atoms with Crippen LogP contribution in [0.4, 0.5) is 15.8 Å². The summed E-state index contributed by atoms with van der Waals surface area (Å²) in [6.45, 7) is 1.54. The first-order valence-corrected chi connectivity index (χ1v) is 9.18. The second-order valence-electron chi connectivity index (χ2n) is 6.39. The molecule has 0 fully saturated rings. The summed E-state index contributed by atoms with van der Waals surface area (Å²) in [7, 11) is 0. The van der Waals surface area contributed by atoms with E-state index in [1.54, 1.807) is 30.3 Å². The minimum atomic E-state index is -0.434. The molecular formula is C23H21FN2O3. The Morgan fingerprint density at radius 2 is 1.62 bits per heavy atom. The van der Waals surface area contributed by atoms with Gasteiger partial charge in [-0.2, -0.15) is 0 Å². The molecule has 0 atom stereocenters. The van der Waals surface area contributed by atoms with Crippen LogP contribution in [-0.4, -0.2) is 18.4 Å². The van der Waals surface area contributed by atoms with Gasteiger partial charge < -0.3 is 15.0 Å². The second kappa shape index (κ2) is 9.50. The highest BCUT2D eigenvalue weighted by atomic mass is 19.1. The number of nitrogens with zero attached hydrogens (tertiary/aromatic N) is 1. The lowest BCUT2D eigenvalue weighted by molar-refractivity contribution is -0.117. The van der Waals surface area contributed by atoms with E-state index < -0.39 is 5.82 Å². The van der Waals surface area contributed by atoms with Gasteiger partial charge in [-0.25, -0.2) is 4.39 Å². The Morgan fingerprint density at radius 1 is 0.931 bits per heavy atom. The molecule has 1 N–H and O–H groups in total. The number of benzene rings is 3. The third-order valence-corrected chi connectivity index (χ3v) is 4.18. The highest BCUT2D eigenvalue weighted by Crippen LogP contribution is 2.23. The summed E-state index contributed by atoms with van der Waals surface area (Å²) < 4.78 is 19.1. The number of anilines is 2. The molecule has 0 spiro atoms. The zero-order valence-electron chi connectivity index (χ0n) is 16.0. The fourth-order valence-corrected chi connectivity index (χ4v) is 2.78. The van der Waals surface area contributed by atoms with Crippen LogP contribution >= 0.6 is 0 Å². The number of nitrogens with one attached hydrogen (secondary N) is 1. The second-order valence-corrected chi connectivity index (χ2v) is 6.39. The molecule has 0 aliphatic heterocycles. The van der Waals surface area contributed by atoms with Gasteiger partial charge in [0.25, 0.3) is 0 Å². The summed E-state index contributed by atoms with van der Waals surface area (Å²) >= 11 is 0. The summed E-state index contributed by atoms with van der Waals surface area (Å²) in [5, 5.41) is 2.78. The van der Waals surface area contributed by atoms with E-state index in [9.17, 15) is 14.0 Å². The van der Waals surface area contributed by atoms with Crippen LogP contribution in [0.2, 0.25) is 0 Å². The molecule has 0 saturated heterocycles. The molecule has 0 heterocycles. The molecule has 3 rings (SSSR count). The third kappa shape index (κ3) is 5.90. The number of carbonyl (C=O) groups excluding carboxylic acids is 2. The van der Waals surface area contributed by atoms with Crippen molar-refractivity contribution in [2.45, 2.75) is 13.3 Å². The van der Waals surface area contributed by atoms with Crippen LogP contribution in [0.1, 0.15) is 13.3 Å². The number of para-hydroxylation sites is 1. The Labute approximate surface area is 168 Å². The fraction of sp³-hybridized carbons (Fsp3) is 0.130. The molecule has 29 heavy (non-hydrogen) atoms. The topological polar surface area (TPSA) is 58.6 Å². The molecule has 0 unspecified atom stereocenters. The van der Waals surface area contributed by atoms with Crippen molar-refractivity contribution in [2.75, 3.05) is 16.8 Å². The lowest BCUT2D eigenvalue weighted by Crippen LogP contribution is -2.32. The Balaban J connectivity index is 1.55. The van der Waals surface area contributed by atoms with E-state index in [2.05, 4.69) is 5.32 Å². The predicted octanol–water partition coefficient (Wildman–Crippen LogP) is 5.00. The van der Waals surface area contributed by atoms with Crippen molar-refractivity contribution < 1.29 is 18.7 Å². The molecule has 0 radical (unpaired) electrons.